The second-order valence-electron chi connectivity index (χ2n) is 7.91. The number of allylic oxidation sites excluding steroid dienone is 2. The molecular weight excluding hydrogens is 468 g/mol. The molecule has 4 atom stereocenters. The van der Waals surface area contributed by atoms with Gasteiger partial charge in [0.05, 0.1) is 12.2 Å². The number of unbranched alkanes of at least 4 members (excludes halogenated alkanes) is 1. The summed E-state index contributed by atoms with van der Waals surface area (Å²) in [6.07, 6.45) is 9.32. The lowest BCUT2D eigenvalue weighted by Gasteiger charge is -2.16. The molecule has 166 valence electrons. The molecule has 1 aromatic rings. The monoisotopic (exact) mass is 498 g/mol. The van der Waals surface area contributed by atoms with Gasteiger partial charge in [0.1, 0.15) is 5.78 Å². The first-order valence-electron chi connectivity index (χ1n) is 10.4. The molecule has 0 aliphatic heterocycles. The summed E-state index contributed by atoms with van der Waals surface area (Å²) < 4.78 is 1.12. The summed E-state index contributed by atoms with van der Waals surface area (Å²) in [6.45, 7) is 4.15. The molecule has 1 fully saturated rings. The lowest BCUT2D eigenvalue weighted by Crippen LogP contribution is -2.19. The van der Waals surface area contributed by atoms with Crippen molar-refractivity contribution in [2.45, 2.75) is 71.0 Å². The predicted molar refractivity (Wildman–Crippen MR) is 123 cm³/mol. The first-order chi connectivity index (χ1) is 14.2. The van der Waals surface area contributed by atoms with Crippen LogP contribution in [0.1, 0.15) is 53.8 Å². The molecule has 0 spiro atoms. The number of halogens is 1. The molecule has 0 aromatic carbocycles. The average Bonchev–Trinajstić information content (AvgIpc) is 3.08. The van der Waals surface area contributed by atoms with E-state index in [9.17, 15) is 19.8 Å². The van der Waals surface area contributed by atoms with Gasteiger partial charge in [-0.1, -0.05) is 24.3 Å². The molecule has 3 N–H and O–H groups in total. The second-order valence-corrected chi connectivity index (χ2v) is 10.1. The van der Waals surface area contributed by atoms with Crippen LogP contribution in [0.15, 0.2) is 28.8 Å². The van der Waals surface area contributed by atoms with Crippen LogP contribution in [-0.4, -0.2) is 39.3 Å². The van der Waals surface area contributed by atoms with E-state index >= 15 is 0 Å². The lowest BCUT2D eigenvalue weighted by molar-refractivity contribution is -0.137. The molecule has 1 aromatic heterocycles. The second kappa shape index (κ2) is 11.9. The highest BCUT2D eigenvalue weighted by Crippen LogP contribution is 2.34. The van der Waals surface area contributed by atoms with Crippen LogP contribution in [0, 0.1) is 25.7 Å². The summed E-state index contributed by atoms with van der Waals surface area (Å²) in [5.74, 6) is -1.36. The summed E-state index contributed by atoms with van der Waals surface area (Å²) in [5, 5.41) is 29.3. The van der Waals surface area contributed by atoms with Crippen LogP contribution in [0.25, 0.3) is 0 Å². The average molecular weight is 499 g/mol. The molecule has 1 aliphatic carbocycles. The van der Waals surface area contributed by atoms with Gasteiger partial charge in [0.25, 0.3) is 0 Å². The molecule has 0 saturated heterocycles. The summed E-state index contributed by atoms with van der Waals surface area (Å²) in [4.78, 5) is 25.3. The van der Waals surface area contributed by atoms with E-state index in [1.165, 1.54) is 15.3 Å². The van der Waals surface area contributed by atoms with Crippen molar-refractivity contribution in [3.63, 3.8) is 0 Å². The van der Waals surface area contributed by atoms with Gasteiger partial charge in [-0.2, -0.15) is 0 Å². The minimum Gasteiger partial charge on any atom is -0.481 e. The number of ketones is 1. The number of hydrogen-bond acceptors (Lipinski definition) is 5. The quantitative estimate of drug-likeness (QED) is 0.302. The van der Waals surface area contributed by atoms with Crippen molar-refractivity contribution in [1.29, 1.82) is 0 Å². The normalized spacial score (nSPS) is 23.1. The number of aryl methyl sites for hydroxylation is 2. The van der Waals surface area contributed by atoms with E-state index < -0.39 is 18.2 Å². The first kappa shape index (κ1) is 25.0. The van der Waals surface area contributed by atoms with E-state index in [0.29, 0.717) is 25.7 Å². The Kier molecular flexibility index (Phi) is 9.94. The summed E-state index contributed by atoms with van der Waals surface area (Å²) in [5.41, 5.74) is 1.23. The molecule has 1 heterocycles. The number of aliphatic hydroxyl groups is 2. The third kappa shape index (κ3) is 7.15. The van der Waals surface area contributed by atoms with Crippen molar-refractivity contribution >= 4 is 39.0 Å². The van der Waals surface area contributed by atoms with E-state index in [1.54, 1.807) is 23.5 Å². The number of aliphatic hydroxyl groups excluding tert-OH is 2. The van der Waals surface area contributed by atoms with E-state index in [1.807, 2.05) is 12.2 Å². The fraction of sp³-hybridized carbons (Fsp3) is 0.565. The molecule has 7 heteroatoms. The zero-order valence-corrected chi connectivity index (χ0v) is 19.9. The maximum Gasteiger partial charge on any atom is 0.303 e. The van der Waals surface area contributed by atoms with Crippen LogP contribution in [0.4, 0.5) is 0 Å². The van der Waals surface area contributed by atoms with Crippen LogP contribution in [0.3, 0.4) is 0 Å². The Morgan fingerprint density at radius 3 is 2.67 bits per heavy atom. The molecule has 1 saturated carbocycles. The third-order valence-electron chi connectivity index (χ3n) is 5.60. The van der Waals surface area contributed by atoms with Gasteiger partial charge in [-0.05, 0) is 67.4 Å². The van der Waals surface area contributed by atoms with Crippen molar-refractivity contribution in [3.8, 4) is 0 Å². The first-order valence-corrected chi connectivity index (χ1v) is 12.0. The molecule has 0 amide bonds. The fourth-order valence-corrected chi connectivity index (χ4v) is 5.76. The highest BCUT2D eigenvalue weighted by atomic mass is 79.9. The zero-order valence-electron chi connectivity index (χ0n) is 17.5. The van der Waals surface area contributed by atoms with Crippen molar-refractivity contribution in [3.05, 3.63) is 44.1 Å². The summed E-state index contributed by atoms with van der Waals surface area (Å²) in [7, 11) is 0. The van der Waals surface area contributed by atoms with E-state index in [-0.39, 0.29) is 30.5 Å². The lowest BCUT2D eigenvalue weighted by atomic mass is 9.90. The van der Waals surface area contributed by atoms with Crippen LogP contribution in [0.2, 0.25) is 0 Å². The number of aliphatic carboxylic acids is 1. The van der Waals surface area contributed by atoms with Crippen molar-refractivity contribution in [2.24, 2.45) is 11.8 Å². The smallest absolute Gasteiger partial charge is 0.303 e. The molecule has 1 aliphatic rings. The molecule has 0 radical (unpaired) electrons. The standard InChI is InChI=1S/C23H31BrO5S/c1-14-17(23(24)15(2)30-14)11-9-16(25)10-12-19-18(20(26)13-21(19)27)7-5-3-4-6-8-22(28)29/h3,5,10,12,16,18-19,21,25,27H,4,6-9,11,13H2,1-2H3,(H,28,29)/b5-3-,12-10+/t16-,18+,19+,21+/m0/s1. The molecule has 0 bridgehead atoms. The highest BCUT2D eigenvalue weighted by molar-refractivity contribution is 9.10. The topological polar surface area (TPSA) is 94.8 Å². The maximum atomic E-state index is 12.3. The van der Waals surface area contributed by atoms with Gasteiger partial charge in [-0.15, -0.1) is 11.3 Å². The fourth-order valence-electron chi connectivity index (χ4n) is 3.89. The number of carbonyl (C=O) groups is 2. The Morgan fingerprint density at radius 1 is 1.30 bits per heavy atom. The number of carboxylic acids is 1. The minimum atomic E-state index is -0.807. The van der Waals surface area contributed by atoms with Gasteiger partial charge in [0.15, 0.2) is 0 Å². The van der Waals surface area contributed by atoms with Crippen molar-refractivity contribution in [1.82, 2.24) is 0 Å². The van der Waals surface area contributed by atoms with Crippen LogP contribution in [-0.2, 0) is 16.0 Å². The molecule has 0 unspecified atom stereocenters. The molecular formula is C23H31BrO5S. The van der Waals surface area contributed by atoms with Gasteiger partial charge in [-0.3, -0.25) is 9.59 Å². The Morgan fingerprint density at radius 2 is 2.03 bits per heavy atom. The van der Waals surface area contributed by atoms with E-state index in [4.69, 9.17) is 5.11 Å². The highest BCUT2D eigenvalue weighted by Gasteiger charge is 2.39. The number of hydrogen-bond donors (Lipinski definition) is 3. The van der Waals surface area contributed by atoms with Gasteiger partial charge in [-0.25, -0.2) is 0 Å². The Labute approximate surface area is 190 Å². The molecule has 5 nitrogen and oxygen atoms in total. The van der Waals surface area contributed by atoms with Gasteiger partial charge >= 0.3 is 5.97 Å². The summed E-state index contributed by atoms with van der Waals surface area (Å²) in [6, 6.07) is 0. The van der Waals surface area contributed by atoms with Crippen molar-refractivity contribution in [2.75, 3.05) is 0 Å². The van der Waals surface area contributed by atoms with Crippen LogP contribution < -0.4 is 0 Å². The SMILES string of the molecule is Cc1sc(C)c(CC[C@H](O)/C=C/[C@H]2[C@H](O)CC(=O)[C@@H]2C/C=C\CCCC(=O)O)c1Br. The van der Waals surface area contributed by atoms with Gasteiger partial charge < -0.3 is 15.3 Å². The number of rotatable bonds is 11. The third-order valence-corrected chi connectivity index (χ3v) is 8.00. The Balaban J connectivity index is 1.88. The van der Waals surface area contributed by atoms with Crippen LogP contribution >= 0.6 is 27.3 Å². The predicted octanol–water partition coefficient (Wildman–Crippen LogP) is 4.74. The number of thiophene rings is 1. The Hall–Kier alpha value is -1.28. The van der Waals surface area contributed by atoms with Gasteiger partial charge in [0, 0.05) is 38.9 Å². The number of carbonyl (C=O) groups excluding carboxylic acids is 1. The van der Waals surface area contributed by atoms with Crippen molar-refractivity contribution < 1.29 is 24.9 Å². The molecule has 2 rings (SSSR count). The maximum absolute atomic E-state index is 12.3. The number of Topliss-reactive ketones (excluding diaryl/α,β-unsaturated/α-hetero) is 1. The van der Waals surface area contributed by atoms with E-state index in [0.717, 1.165) is 10.9 Å². The largest absolute Gasteiger partial charge is 0.481 e. The van der Waals surface area contributed by atoms with Gasteiger partial charge in [0.2, 0.25) is 0 Å². The minimum absolute atomic E-state index is 0.0372. The zero-order chi connectivity index (χ0) is 22.3. The number of carboxylic acid groups (broad SMARTS) is 1. The Bertz CT molecular complexity index is 798. The molecule has 30 heavy (non-hydrogen) atoms. The van der Waals surface area contributed by atoms with E-state index in [2.05, 4.69) is 29.8 Å². The van der Waals surface area contributed by atoms with Crippen LogP contribution in [0.5, 0.6) is 0 Å². The summed E-state index contributed by atoms with van der Waals surface area (Å²) >= 11 is 5.36.